The number of allylic oxidation sites excluding steroid dienone is 1. The summed E-state index contributed by atoms with van der Waals surface area (Å²) in [5, 5.41) is 2.32. The summed E-state index contributed by atoms with van der Waals surface area (Å²) in [7, 11) is -3.45. The van der Waals surface area contributed by atoms with Crippen LogP contribution in [0.1, 0.15) is 104 Å². The third kappa shape index (κ3) is 13.5. The van der Waals surface area contributed by atoms with Gasteiger partial charge in [-0.25, -0.2) is 8.42 Å². The number of unbranched alkanes of at least 4 members (excludes halogenated alkanes) is 13. The minimum Gasteiger partial charge on any atom is -0.746 e. The fourth-order valence-electron chi connectivity index (χ4n) is 3.00. The minimum absolute atomic E-state index is 0. The first-order chi connectivity index (χ1) is 12.8. The third-order valence-corrected chi connectivity index (χ3v) is 6.60. The van der Waals surface area contributed by atoms with Crippen LogP contribution in [0.3, 0.4) is 0 Å². The average Bonchev–Trinajstić information content (AvgIpc) is 2.62. The van der Waals surface area contributed by atoms with E-state index < -0.39 is 20.8 Å². The number of ketones is 1. The monoisotopic (exact) mass is 425 g/mol. The Morgan fingerprint density at radius 1 is 0.893 bits per heavy atom. The Morgan fingerprint density at radius 2 is 1.29 bits per heavy atom. The van der Waals surface area contributed by atoms with E-state index in [0.717, 1.165) is 26.2 Å². The molecule has 7 heteroatoms. The fraction of sp³-hybridized carbons (Fsp3) is 0.857. The van der Waals surface area contributed by atoms with Gasteiger partial charge in [0.15, 0.2) is 10.7 Å². The Labute approximate surface area is 195 Å². The quantitative estimate of drug-likeness (QED) is 0.157. The minimum atomic E-state index is -4.75. The first-order valence-corrected chi connectivity index (χ1v) is 12.1. The van der Waals surface area contributed by atoms with E-state index in [9.17, 15) is 17.8 Å². The second-order valence-electron chi connectivity index (χ2n) is 7.54. The van der Waals surface area contributed by atoms with Gasteiger partial charge < -0.3 is 4.55 Å². The first kappa shape index (κ1) is 30.5. The molecule has 0 spiro atoms. The molecule has 0 radical (unpaired) electrons. The molecule has 0 heterocycles. The second-order valence-corrected chi connectivity index (χ2v) is 9.26. The average molecular weight is 426 g/mol. The van der Waals surface area contributed by atoms with E-state index >= 15 is 0 Å². The van der Waals surface area contributed by atoms with Crippen LogP contribution < -0.4 is 34.9 Å². The number of likely N-dealkylation sites (N-methyl/N-ethyl adjacent to an activating group) is 1. The van der Waals surface area contributed by atoms with E-state index in [-0.39, 0.29) is 29.6 Å². The van der Waals surface area contributed by atoms with Crippen molar-refractivity contribution in [1.82, 2.24) is 5.32 Å². The smallest absolute Gasteiger partial charge is 0.746 e. The summed E-state index contributed by atoms with van der Waals surface area (Å²) in [5.74, 6) is -0.713. The number of hydrogen-bond donors (Lipinski definition) is 1. The Kier molecular flexibility index (Phi) is 19.7. The molecule has 0 saturated carbocycles. The molecule has 1 atom stereocenters. The van der Waals surface area contributed by atoms with E-state index in [1.54, 1.807) is 6.08 Å². The van der Waals surface area contributed by atoms with Gasteiger partial charge in [0.2, 0.25) is 0 Å². The molecule has 0 rings (SSSR count). The largest absolute Gasteiger partial charge is 1.00 e. The molecule has 0 saturated heterocycles. The van der Waals surface area contributed by atoms with Crippen molar-refractivity contribution < 1.29 is 47.3 Å². The van der Waals surface area contributed by atoms with Gasteiger partial charge in [0, 0.05) is 0 Å². The zero-order valence-electron chi connectivity index (χ0n) is 18.6. The normalized spacial score (nSPS) is 14.0. The molecule has 0 aromatic carbocycles. The molecule has 28 heavy (non-hydrogen) atoms. The predicted octanol–water partition coefficient (Wildman–Crippen LogP) is 2.08. The number of carbonyl (C=O) groups is 1. The van der Waals surface area contributed by atoms with E-state index in [2.05, 4.69) is 12.2 Å². The predicted molar refractivity (Wildman–Crippen MR) is 112 cm³/mol. The molecule has 0 aromatic heterocycles. The van der Waals surface area contributed by atoms with Crippen LogP contribution in [0, 0.1) is 0 Å². The van der Waals surface area contributed by atoms with E-state index in [1.165, 1.54) is 83.8 Å². The van der Waals surface area contributed by atoms with Crippen LogP contribution in [0.2, 0.25) is 0 Å². The topological polar surface area (TPSA) is 86.3 Å². The SMILES string of the molecule is CCCCCCCCCCCCCCCC=CC(=O)C(C)(NC)S(=O)(=O)[O-].[Na+]. The molecular weight excluding hydrogens is 385 g/mol. The van der Waals surface area contributed by atoms with Crippen molar-refractivity contribution in [2.45, 2.75) is 109 Å². The zero-order chi connectivity index (χ0) is 20.6. The van der Waals surface area contributed by atoms with Crippen LogP contribution in [0.15, 0.2) is 12.2 Å². The Balaban J connectivity index is 0. The molecule has 0 amide bonds. The summed E-state index contributed by atoms with van der Waals surface area (Å²) in [6.45, 7) is 3.35. The van der Waals surface area contributed by atoms with Crippen molar-refractivity contribution in [1.29, 1.82) is 0 Å². The summed E-state index contributed by atoms with van der Waals surface area (Å²) < 4.78 is 33.6. The van der Waals surface area contributed by atoms with Gasteiger partial charge in [-0.2, -0.15) is 0 Å². The standard InChI is InChI=1S/C21H41NO4S.Na/c1-4-5-6-7-8-9-10-11-12-13-14-15-16-17-18-19-20(23)21(2,22-3)27(24,25)26;/h18-19,22H,4-17H2,1-3H3,(H,24,25,26);/q;+1/p-1. The molecule has 0 aromatic rings. The number of hydrogen-bond acceptors (Lipinski definition) is 5. The van der Waals surface area contributed by atoms with Gasteiger partial charge in [-0.3, -0.25) is 10.1 Å². The molecule has 0 aliphatic heterocycles. The molecular formula is C21H40NNaO4S. The molecule has 1 N–H and O–H groups in total. The Morgan fingerprint density at radius 3 is 1.64 bits per heavy atom. The van der Waals surface area contributed by atoms with Crippen molar-refractivity contribution >= 4 is 15.9 Å². The van der Waals surface area contributed by atoms with E-state index in [1.807, 2.05) is 0 Å². The van der Waals surface area contributed by atoms with Crippen molar-refractivity contribution in [2.24, 2.45) is 0 Å². The van der Waals surface area contributed by atoms with Gasteiger partial charge in [-0.1, -0.05) is 90.0 Å². The fourth-order valence-corrected chi connectivity index (χ4v) is 3.57. The van der Waals surface area contributed by atoms with Gasteiger partial charge in [0.05, 0.1) is 0 Å². The summed E-state index contributed by atoms with van der Waals surface area (Å²) in [4.78, 5) is 9.86. The van der Waals surface area contributed by atoms with Gasteiger partial charge in [0.25, 0.3) is 0 Å². The van der Waals surface area contributed by atoms with Crippen LogP contribution in [0.5, 0.6) is 0 Å². The third-order valence-electron chi connectivity index (χ3n) is 5.19. The van der Waals surface area contributed by atoms with E-state index in [4.69, 9.17) is 0 Å². The summed E-state index contributed by atoms with van der Waals surface area (Å²) in [5.41, 5.74) is 0. The number of rotatable bonds is 18. The summed E-state index contributed by atoms with van der Waals surface area (Å²) in [6, 6.07) is 0. The zero-order valence-corrected chi connectivity index (χ0v) is 21.4. The van der Waals surface area contributed by atoms with Crippen molar-refractivity contribution in [3.63, 3.8) is 0 Å². The molecule has 160 valence electrons. The van der Waals surface area contributed by atoms with Gasteiger partial charge in [-0.15, -0.1) is 0 Å². The number of nitrogens with one attached hydrogen (secondary N) is 1. The molecule has 5 nitrogen and oxygen atoms in total. The van der Waals surface area contributed by atoms with Gasteiger partial charge >= 0.3 is 29.6 Å². The van der Waals surface area contributed by atoms with Crippen LogP contribution in [-0.4, -0.2) is 30.7 Å². The van der Waals surface area contributed by atoms with Crippen molar-refractivity contribution in [3.05, 3.63) is 12.2 Å². The second kappa shape index (κ2) is 18.1. The first-order valence-electron chi connectivity index (χ1n) is 10.6. The number of carbonyl (C=O) groups excluding carboxylic acids is 1. The molecule has 0 fully saturated rings. The van der Waals surface area contributed by atoms with Crippen LogP contribution in [-0.2, 0) is 14.9 Å². The van der Waals surface area contributed by atoms with Crippen LogP contribution in [0.4, 0.5) is 0 Å². The van der Waals surface area contributed by atoms with Crippen LogP contribution in [0.25, 0.3) is 0 Å². The Bertz CT molecular complexity index is 522. The van der Waals surface area contributed by atoms with E-state index in [0.29, 0.717) is 0 Å². The van der Waals surface area contributed by atoms with Crippen molar-refractivity contribution in [3.8, 4) is 0 Å². The maximum Gasteiger partial charge on any atom is 1.00 e. The van der Waals surface area contributed by atoms with Gasteiger partial charge in [0.1, 0.15) is 10.1 Å². The maximum atomic E-state index is 11.9. The summed E-state index contributed by atoms with van der Waals surface area (Å²) >= 11 is 0. The molecule has 0 bridgehead atoms. The Hall–Kier alpha value is 0.280. The maximum absolute atomic E-state index is 11.9. The molecule has 0 aliphatic carbocycles. The summed E-state index contributed by atoms with van der Waals surface area (Å²) in [6.07, 6.45) is 20.3. The van der Waals surface area contributed by atoms with Crippen molar-refractivity contribution in [2.75, 3.05) is 7.05 Å². The van der Waals surface area contributed by atoms with Gasteiger partial charge in [-0.05, 0) is 32.9 Å². The van der Waals surface area contributed by atoms with Crippen LogP contribution >= 0.6 is 0 Å². The molecule has 0 aliphatic rings. The molecule has 1 unspecified atom stereocenters.